The summed E-state index contributed by atoms with van der Waals surface area (Å²) in [4.78, 5) is 26.3. The second-order valence-corrected chi connectivity index (χ2v) is 8.16. The SMILES string of the molecule is CCCCN1C[C@@H](C(=O)Nc2nnc(C[C@@H](C)c3ccccc3)s2)CC1=O. The van der Waals surface area contributed by atoms with E-state index in [2.05, 4.69) is 41.5 Å². The summed E-state index contributed by atoms with van der Waals surface area (Å²) in [5, 5.41) is 12.6. The predicted molar refractivity (Wildman–Crippen MR) is 107 cm³/mol. The molecular formula is C20H26N4O2S. The van der Waals surface area contributed by atoms with Crippen molar-refractivity contribution < 1.29 is 9.59 Å². The van der Waals surface area contributed by atoms with Crippen molar-refractivity contribution in [3.63, 3.8) is 0 Å². The minimum atomic E-state index is -0.301. The van der Waals surface area contributed by atoms with Gasteiger partial charge in [0.25, 0.3) is 0 Å². The van der Waals surface area contributed by atoms with E-state index >= 15 is 0 Å². The molecule has 144 valence electrons. The standard InChI is InChI=1S/C20H26N4O2S/c1-3-4-10-24-13-16(12-18(24)25)19(26)21-20-23-22-17(27-20)11-14(2)15-8-6-5-7-9-15/h5-9,14,16H,3-4,10-13H2,1-2H3,(H,21,23,26)/t14-,16+/m1/s1. The number of hydrogen-bond acceptors (Lipinski definition) is 5. The number of rotatable bonds is 8. The van der Waals surface area contributed by atoms with E-state index in [0.29, 0.717) is 17.6 Å². The lowest BCUT2D eigenvalue weighted by Gasteiger charge is -2.15. The van der Waals surface area contributed by atoms with Crippen molar-refractivity contribution in [2.75, 3.05) is 18.4 Å². The van der Waals surface area contributed by atoms with Crippen molar-refractivity contribution in [1.82, 2.24) is 15.1 Å². The van der Waals surface area contributed by atoms with Gasteiger partial charge >= 0.3 is 0 Å². The summed E-state index contributed by atoms with van der Waals surface area (Å²) < 4.78 is 0. The van der Waals surface area contributed by atoms with E-state index in [0.717, 1.165) is 30.8 Å². The molecule has 0 aliphatic carbocycles. The maximum atomic E-state index is 12.5. The molecule has 2 amide bonds. The Morgan fingerprint density at radius 2 is 2.11 bits per heavy atom. The molecule has 1 fully saturated rings. The zero-order valence-corrected chi connectivity index (χ0v) is 16.7. The topological polar surface area (TPSA) is 75.2 Å². The molecule has 6 nitrogen and oxygen atoms in total. The number of amides is 2. The monoisotopic (exact) mass is 386 g/mol. The van der Waals surface area contributed by atoms with Crippen LogP contribution in [-0.4, -0.2) is 40.0 Å². The number of hydrogen-bond donors (Lipinski definition) is 1. The molecule has 0 unspecified atom stereocenters. The first kappa shape index (κ1) is 19.5. The van der Waals surface area contributed by atoms with Crippen LogP contribution in [0.4, 0.5) is 5.13 Å². The van der Waals surface area contributed by atoms with Gasteiger partial charge in [0.05, 0.1) is 5.92 Å². The molecule has 3 rings (SSSR count). The van der Waals surface area contributed by atoms with Crippen molar-refractivity contribution >= 4 is 28.3 Å². The Morgan fingerprint density at radius 1 is 1.33 bits per heavy atom. The van der Waals surface area contributed by atoms with Crippen LogP contribution in [0.1, 0.15) is 49.6 Å². The molecule has 1 aromatic heterocycles. The van der Waals surface area contributed by atoms with Crippen LogP contribution in [0.3, 0.4) is 0 Å². The van der Waals surface area contributed by atoms with Crippen LogP contribution in [0.25, 0.3) is 0 Å². The molecule has 1 N–H and O–H groups in total. The Hall–Kier alpha value is -2.28. The number of anilines is 1. The fourth-order valence-electron chi connectivity index (χ4n) is 3.27. The highest BCUT2D eigenvalue weighted by atomic mass is 32.1. The largest absolute Gasteiger partial charge is 0.342 e. The van der Waals surface area contributed by atoms with Gasteiger partial charge in [0.1, 0.15) is 5.01 Å². The van der Waals surface area contributed by atoms with Crippen molar-refractivity contribution in [2.45, 2.75) is 45.4 Å². The summed E-state index contributed by atoms with van der Waals surface area (Å²) in [7, 11) is 0. The smallest absolute Gasteiger partial charge is 0.231 e. The first-order chi connectivity index (χ1) is 13.1. The highest BCUT2D eigenvalue weighted by Crippen LogP contribution is 2.25. The van der Waals surface area contributed by atoms with Crippen molar-refractivity contribution in [2.24, 2.45) is 5.92 Å². The van der Waals surface area contributed by atoms with Crippen molar-refractivity contribution in [1.29, 1.82) is 0 Å². The molecule has 0 spiro atoms. The van der Waals surface area contributed by atoms with Crippen LogP contribution < -0.4 is 5.32 Å². The fraction of sp³-hybridized carbons (Fsp3) is 0.500. The van der Waals surface area contributed by atoms with Gasteiger partial charge < -0.3 is 10.2 Å². The minimum Gasteiger partial charge on any atom is -0.342 e. The Labute approximate surface area is 164 Å². The van der Waals surface area contributed by atoms with E-state index in [1.54, 1.807) is 4.90 Å². The highest BCUT2D eigenvalue weighted by Gasteiger charge is 2.34. The van der Waals surface area contributed by atoms with Crippen LogP contribution in [0, 0.1) is 5.92 Å². The number of benzene rings is 1. The molecule has 27 heavy (non-hydrogen) atoms. The Morgan fingerprint density at radius 3 is 2.85 bits per heavy atom. The Bertz CT molecular complexity index is 777. The van der Waals surface area contributed by atoms with Crippen LogP contribution >= 0.6 is 11.3 Å². The summed E-state index contributed by atoms with van der Waals surface area (Å²) in [6, 6.07) is 10.3. The second-order valence-electron chi connectivity index (χ2n) is 7.10. The summed E-state index contributed by atoms with van der Waals surface area (Å²) in [6.45, 7) is 5.49. The van der Waals surface area contributed by atoms with Gasteiger partial charge in [-0.2, -0.15) is 0 Å². The molecule has 1 aliphatic rings. The van der Waals surface area contributed by atoms with Gasteiger partial charge in [0.15, 0.2) is 0 Å². The van der Waals surface area contributed by atoms with Crippen LogP contribution in [0.5, 0.6) is 0 Å². The minimum absolute atomic E-state index is 0.0678. The first-order valence-electron chi connectivity index (χ1n) is 9.52. The van der Waals surface area contributed by atoms with Gasteiger partial charge in [-0.25, -0.2) is 0 Å². The molecule has 7 heteroatoms. The van der Waals surface area contributed by atoms with Crippen LogP contribution in [0.15, 0.2) is 30.3 Å². The average molecular weight is 387 g/mol. The maximum absolute atomic E-state index is 12.5. The van der Waals surface area contributed by atoms with Gasteiger partial charge in [-0.15, -0.1) is 10.2 Å². The molecule has 2 atom stereocenters. The van der Waals surface area contributed by atoms with Crippen molar-refractivity contribution in [3.05, 3.63) is 40.9 Å². The zero-order chi connectivity index (χ0) is 19.2. The number of nitrogens with zero attached hydrogens (tertiary/aromatic N) is 3. The fourth-order valence-corrected chi connectivity index (χ4v) is 4.14. The number of likely N-dealkylation sites (tertiary alicyclic amines) is 1. The molecule has 0 saturated carbocycles. The van der Waals surface area contributed by atoms with Gasteiger partial charge in [0, 0.05) is 25.9 Å². The third kappa shape index (κ3) is 5.13. The molecule has 1 saturated heterocycles. The summed E-state index contributed by atoms with van der Waals surface area (Å²) in [5.74, 6) is -0.0355. The first-order valence-corrected chi connectivity index (χ1v) is 10.3. The average Bonchev–Trinajstić information content (AvgIpc) is 3.27. The van der Waals surface area contributed by atoms with Gasteiger partial charge in [-0.05, 0) is 17.9 Å². The molecule has 2 aromatic rings. The maximum Gasteiger partial charge on any atom is 0.231 e. The Balaban J connectivity index is 1.53. The number of nitrogens with one attached hydrogen (secondary N) is 1. The van der Waals surface area contributed by atoms with E-state index in [1.807, 2.05) is 18.2 Å². The van der Waals surface area contributed by atoms with E-state index in [9.17, 15) is 9.59 Å². The molecule has 1 aromatic carbocycles. The van der Waals surface area contributed by atoms with E-state index in [4.69, 9.17) is 0 Å². The van der Waals surface area contributed by atoms with Crippen LogP contribution in [0.2, 0.25) is 0 Å². The summed E-state index contributed by atoms with van der Waals surface area (Å²) >= 11 is 1.41. The van der Waals surface area contributed by atoms with Crippen molar-refractivity contribution in [3.8, 4) is 0 Å². The number of carbonyl (C=O) groups is 2. The zero-order valence-electron chi connectivity index (χ0n) is 15.9. The molecule has 1 aliphatic heterocycles. The second kappa shape index (κ2) is 9.08. The molecular weight excluding hydrogens is 360 g/mol. The predicted octanol–water partition coefficient (Wildman–Crippen LogP) is 3.47. The lowest BCUT2D eigenvalue weighted by atomic mass is 9.98. The number of aromatic nitrogens is 2. The molecule has 0 bridgehead atoms. The summed E-state index contributed by atoms with van der Waals surface area (Å²) in [5.41, 5.74) is 1.26. The molecule has 0 radical (unpaired) electrons. The third-order valence-corrected chi connectivity index (χ3v) is 5.77. The van der Waals surface area contributed by atoms with Crippen LogP contribution in [-0.2, 0) is 16.0 Å². The van der Waals surface area contributed by atoms with E-state index in [-0.39, 0.29) is 24.2 Å². The highest BCUT2D eigenvalue weighted by molar-refractivity contribution is 7.15. The quantitative estimate of drug-likeness (QED) is 0.754. The third-order valence-electron chi connectivity index (χ3n) is 4.91. The van der Waals surface area contributed by atoms with E-state index in [1.165, 1.54) is 16.9 Å². The molecule has 2 heterocycles. The van der Waals surface area contributed by atoms with Gasteiger partial charge in [-0.3, -0.25) is 9.59 Å². The van der Waals surface area contributed by atoms with E-state index < -0.39 is 0 Å². The normalized spacial score (nSPS) is 17.9. The number of carbonyl (C=O) groups excluding carboxylic acids is 2. The lowest BCUT2D eigenvalue weighted by Crippen LogP contribution is -2.29. The number of unbranched alkanes of at least 4 members (excludes halogenated alkanes) is 1. The lowest BCUT2D eigenvalue weighted by molar-refractivity contribution is -0.128. The van der Waals surface area contributed by atoms with Gasteiger partial charge in [0.2, 0.25) is 16.9 Å². The Kier molecular flexibility index (Phi) is 6.55. The van der Waals surface area contributed by atoms with Gasteiger partial charge in [-0.1, -0.05) is 61.9 Å². The summed E-state index contributed by atoms with van der Waals surface area (Å²) in [6.07, 6.45) is 3.07.